The van der Waals surface area contributed by atoms with Crippen molar-refractivity contribution in [2.45, 2.75) is 32.1 Å². The van der Waals surface area contributed by atoms with Gasteiger partial charge in [-0.25, -0.2) is 4.79 Å². The summed E-state index contributed by atoms with van der Waals surface area (Å²) in [5, 5.41) is 14.0. The summed E-state index contributed by atoms with van der Waals surface area (Å²) in [7, 11) is 0. The van der Waals surface area contributed by atoms with Gasteiger partial charge >= 0.3 is 12.1 Å². The minimum atomic E-state index is -0.841. The van der Waals surface area contributed by atoms with E-state index in [1.54, 1.807) is 6.92 Å². The molecule has 3 rings (SSSR count). The van der Waals surface area contributed by atoms with Crippen LogP contribution in [0.2, 0.25) is 0 Å². The maximum absolute atomic E-state index is 12.2. The Labute approximate surface area is 181 Å². The number of carbonyl (C=O) groups excluding carboxylic acids is 2. The van der Waals surface area contributed by atoms with Gasteiger partial charge in [0.15, 0.2) is 0 Å². The number of carboxylic acids is 1. The van der Waals surface area contributed by atoms with E-state index in [-0.39, 0.29) is 31.4 Å². The average Bonchev–Trinajstić information content (AvgIpc) is 3.09. The number of amides is 2. The van der Waals surface area contributed by atoms with Crippen molar-refractivity contribution >= 4 is 18.0 Å². The second-order valence-electron chi connectivity index (χ2n) is 7.75. The molecule has 0 saturated heterocycles. The highest BCUT2D eigenvalue weighted by Gasteiger charge is 2.29. The predicted octanol–water partition coefficient (Wildman–Crippen LogP) is 3.53. The molecule has 0 radical (unpaired) electrons. The zero-order valence-electron chi connectivity index (χ0n) is 17.6. The van der Waals surface area contributed by atoms with Gasteiger partial charge in [-0.3, -0.25) is 9.59 Å². The molecule has 1 unspecified atom stereocenters. The first kappa shape index (κ1) is 22.3. The number of benzene rings is 2. The number of aliphatic carboxylic acids is 1. The Bertz CT molecular complexity index is 898. The molecule has 0 fully saturated rings. The lowest BCUT2D eigenvalue weighted by Gasteiger charge is -2.16. The van der Waals surface area contributed by atoms with Gasteiger partial charge in [0.1, 0.15) is 6.61 Å². The highest BCUT2D eigenvalue weighted by molar-refractivity contribution is 5.80. The number of rotatable bonds is 10. The van der Waals surface area contributed by atoms with Crippen LogP contribution in [-0.2, 0) is 14.3 Å². The van der Waals surface area contributed by atoms with Crippen molar-refractivity contribution in [3.05, 3.63) is 59.7 Å². The van der Waals surface area contributed by atoms with Gasteiger partial charge in [0.05, 0.1) is 5.92 Å². The minimum absolute atomic E-state index is 0.00956. The highest BCUT2D eigenvalue weighted by atomic mass is 16.5. The summed E-state index contributed by atoms with van der Waals surface area (Å²) in [5.41, 5.74) is 4.63. The quantitative estimate of drug-likeness (QED) is 0.506. The normalized spacial score (nSPS) is 13.1. The fourth-order valence-corrected chi connectivity index (χ4v) is 3.77. The molecule has 0 saturated carbocycles. The zero-order valence-corrected chi connectivity index (χ0v) is 17.6. The molecule has 2 aromatic rings. The first-order chi connectivity index (χ1) is 15.0. The third-order valence-corrected chi connectivity index (χ3v) is 5.46. The SMILES string of the molecule is CC(CNC(=O)OCC1c2ccccc2-c2ccccc21)C(=O)NCCCCC(=O)O. The Morgan fingerprint density at radius 2 is 1.58 bits per heavy atom. The lowest BCUT2D eigenvalue weighted by Crippen LogP contribution is -2.38. The van der Waals surface area contributed by atoms with E-state index in [2.05, 4.69) is 34.9 Å². The van der Waals surface area contributed by atoms with E-state index in [4.69, 9.17) is 9.84 Å². The van der Waals surface area contributed by atoms with Gasteiger partial charge in [-0.1, -0.05) is 55.5 Å². The van der Waals surface area contributed by atoms with Crippen LogP contribution in [0.15, 0.2) is 48.5 Å². The Hall–Kier alpha value is -3.35. The van der Waals surface area contributed by atoms with Crippen LogP contribution in [-0.4, -0.2) is 42.8 Å². The van der Waals surface area contributed by atoms with Gasteiger partial charge in [-0.15, -0.1) is 0 Å². The van der Waals surface area contributed by atoms with Crippen LogP contribution in [0.5, 0.6) is 0 Å². The summed E-state index contributed by atoms with van der Waals surface area (Å²) in [6, 6.07) is 16.3. The van der Waals surface area contributed by atoms with Crippen molar-refractivity contribution in [1.29, 1.82) is 0 Å². The summed E-state index contributed by atoms with van der Waals surface area (Å²) in [5.74, 6) is -1.45. The van der Waals surface area contributed by atoms with Gasteiger partial charge in [-0.2, -0.15) is 0 Å². The maximum atomic E-state index is 12.2. The predicted molar refractivity (Wildman–Crippen MR) is 117 cm³/mol. The van der Waals surface area contributed by atoms with Gasteiger partial charge in [0.25, 0.3) is 0 Å². The highest BCUT2D eigenvalue weighted by Crippen LogP contribution is 2.44. The number of hydrogen-bond donors (Lipinski definition) is 3. The molecule has 7 heteroatoms. The molecule has 31 heavy (non-hydrogen) atoms. The monoisotopic (exact) mass is 424 g/mol. The minimum Gasteiger partial charge on any atom is -0.481 e. The van der Waals surface area contributed by atoms with E-state index in [0.717, 1.165) is 11.1 Å². The molecular weight excluding hydrogens is 396 g/mol. The summed E-state index contributed by atoms with van der Waals surface area (Å²) < 4.78 is 5.47. The fourth-order valence-electron chi connectivity index (χ4n) is 3.77. The molecule has 164 valence electrons. The first-order valence-corrected chi connectivity index (χ1v) is 10.6. The van der Waals surface area contributed by atoms with Gasteiger partial charge in [0, 0.05) is 25.4 Å². The van der Waals surface area contributed by atoms with Crippen molar-refractivity contribution in [2.75, 3.05) is 19.7 Å². The summed E-state index contributed by atoms with van der Waals surface area (Å²) >= 11 is 0. The smallest absolute Gasteiger partial charge is 0.407 e. The molecule has 1 atom stereocenters. The molecule has 1 aliphatic carbocycles. The molecule has 0 aliphatic heterocycles. The van der Waals surface area contributed by atoms with Crippen molar-refractivity contribution in [2.24, 2.45) is 5.92 Å². The van der Waals surface area contributed by atoms with Crippen LogP contribution in [0.4, 0.5) is 4.79 Å². The van der Waals surface area contributed by atoms with E-state index in [1.165, 1.54) is 11.1 Å². The van der Waals surface area contributed by atoms with E-state index in [1.807, 2.05) is 24.3 Å². The average molecular weight is 424 g/mol. The Balaban J connectivity index is 1.42. The van der Waals surface area contributed by atoms with E-state index in [0.29, 0.717) is 19.4 Å². The lowest BCUT2D eigenvalue weighted by molar-refractivity contribution is -0.137. The number of hydrogen-bond acceptors (Lipinski definition) is 4. The molecule has 0 spiro atoms. The Morgan fingerprint density at radius 3 is 2.19 bits per heavy atom. The maximum Gasteiger partial charge on any atom is 0.407 e. The van der Waals surface area contributed by atoms with Crippen LogP contribution in [0.1, 0.15) is 43.2 Å². The summed E-state index contributed by atoms with van der Waals surface area (Å²) in [4.78, 5) is 34.7. The topological polar surface area (TPSA) is 105 Å². The largest absolute Gasteiger partial charge is 0.481 e. The molecule has 7 nitrogen and oxygen atoms in total. The van der Waals surface area contributed by atoms with Crippen molar-refractivity contribution in [3.63, 3.8) is 0 Å². The van der Waals surface area contributed by atoms with Crippen LogP contribution in [0.25, 0.3) is 11.1 Å². The zero-order chi connectivity index (χ0) is 22.2. The number of nitrogens with one attached hydrogen (secondary N) is 2. The third kappa shape index (κ3) is 5.84. The summed E-state index contributed by atoms with van der Waals surface area (Å²) in [6.07, 6.45) is 0.657. The van der Waals surface area contributed by atoms with Crippen molar-refractivity contribution in [1.82, 2.24) is 10.6 Å². The third-order valence-electron chi connectivity index (χ3n) is 5.46. The van der Waals surface area contributed by atoms with E-state index >= 15 is 0 Å². The lowest BCUT2D eigenvalue weighted by atomic mass is 9.98. The van der Waals surface area contributed by atoms with Crippen LogP contribution >= 0.6 is 0 Å². The number of ether oxygens (including phenoxy) is 1. The van der Waals surface area contributed by atoms with Gasteiger partial charge in [-0.05, 0) is 35.1 Å². The molecule has 0 bridgehead atoms. The molecule has 0 aromatic heterocycles. The molecular formula is C24H28N2O5. The van der Waals surface area contributed by atoms with Crippen LogP contribution < -0.4 is 10.6 Å². The second kappa shape index (κ2) is 10.6. The fraction of sp³-hybridized carbons (Fsp3) is 0.375. The first-order valence-electron chi connectivity index (χ1n) is 10.6. The van der Waals surface area contributed by atoms with Crippen LogP contribution in [0.3, 0.4) is 0 Å². The number of alkyl carbamates (subject to hydrolysis) is 1. The van der Waals surface area contributed by atoms with Gasteiger partial charge in [0.2, 0.25) is 5.91 Å². The molecule has 1 aliphatic rings. The van der Waals surface area contributed by atoms with E-state index in [9.17, 15) is 14.4 Å². The molecule has 0 heterocycles. The number of carbonyl (C=O) groups is 3. The van der Waals surface area contributed by atoms with Crippen molar-refractivity contribution < 1.29 is 24.2 Å². The number of unbranched alkanes of at least 4 members (excludes halogenated alkanes) is 1. The van der Waals surface area contributed by atoms with Gasteiger partial charge < -0.3 is 20.5 Å². The molecule has 3 N–H and O–H groups in total. The van der Waals surface area contributed by atoms with Crippen LogP contribution in [0, 0.1) is 5.92 Å². The van der Waals surface area contributed by atoms with E-state index < -0.39 is 18.0 Å². The Morgan fingerprint density at radius 1 is 0.968 bits per heavy atom. The van der Waals surface area contributed by atoms with Crippen molar-refractivity contribution in [3.8, 4) is 11.1 Å². The number of fused-ring (bicyclic) bond motifs is 3. The summed E-state index contributed by atoms with van der Waals surface area (Å²) in [6.45, 7) is 2.53. The molecule has 2 aromatic carbocycles. The number of carboxylic acid groups (broad SMARTS) is 1. The second-order valence-corrected chi connectivity index (χ2v) is 7.75. The Kier molecular flexibility index (Phi) is 7.65. The molecule has 2 amide bonds. The standard InChI is InChI=1S/C24H28N2O5/c1-16(23(29)25-13-7-6-12-22(27)28)14-26-24(30)31-15-21-19-10-4-2-8-17(19)18-9-3-5-11-20(18)21/h2-5,8-11,16,21H,6-7,12-15H2,1H3,(H,25,29)(H,26,30)(H,27,28).